The molecule has 1 aromatic carbocycles. The molecule has 7 nitrogen and oxygen atoms in total. The molecule has 3 aromatic rings. The van der Waals surface area contributed by atoms with Gasteiger partial charge in [0.15, 0.2) is 5.65 Å². The summed E-state index contributed by atoms with van der Waals surface area (Å²) in [6.07, 6.45) is 4.95. The molecule has 1 aliphatic rings. The van der Waals surface area contributed by atoms with Crippen LogP contribution in [0.25, 0.3) is 11.7 Å². The monoisotopic (exact) mass is 371 g/mol. The lowest BCUT2D eigenvalue weighted by molar-refractivity contribution is -0.115. The van der Waals surface area contributed by atoms with E-state index in [1.54, 1.807) is 41.2 Å². The van der Waals surface area contributed by atoms with E-state index >= 15 is 0 Å². The number of halogens is 1. The molecule has 2 N–H and O–H groups in total. The highest BCUT2D eigenvalue weighted by atomic mass is 35.5. The van der Waals surface area contributed by atoms with Crippen molar-refractivity contribution in [3.05, 3.63) is 58.2 Å². The molecular formula is C16H10ClN5O2S. The topological polar surface area (TPSA) is 88.4 Å². The zero-order chi connectivity index (χ0) is 17.4. The van der Waals surface area contributed by atoms with Crippen molar-refractivity contribution in [1.29, 1.82) is 0 Å². The van der Waals surface area contributed by atoms with Gasteiger partial charge in [-0.15, -0.1) is 0 Å². The summed E-state index contributed by atoms with van der Waals surface area (Å²) in [6, 6.07) is 9.07. The van der Waals surface area contributed by atoms with Crippen LogP contribution < -0.4 is 10.6 Å². The molecule has 0 unspecified atom stereocenters. The first-order valence-corrected chi connectivity index (χ1v) is 8.40. The molecule has 2 amide bonds. The van der Waals surface area contributed by atoms with Crippen LogP contribution in [0, 0.1) is 0 Å². The Bertz CT molecular complexity index is 1050. The summed E-state index contributed by atoms with van der Waals surface area (Å²) in [5, 5.41) is 9.83. The Morgan fingerprint density at radius 1 is 1.28 bits per heavy atom. The first kappa shape index (κ1) is 15.7. The third-order valence-corrected chi connectivity index (χ3v) is 4.47. The molecule has 0 saturated carbocycles. The number of fused-ring (bicyclic) bond motifs is 1. The second kappa shape index (κ2) is 6.23. The molecule has 1 fully saturated rings. The van der Waals surface area contributed by atoms with Crippen molar-refractivity contribution in [3.63, 3.8) is 0 Å². The van der Waals surface area contributed by atoms with Crippen molar-refractivity contribution < 1.29 is 9.59 Å². The van der Waals surface area contributed by atoms with Crippen LogP contribution in [0.3, 0.4) is 0 Å². The van der Waals surface area contributed by atoms with Crippen molar-refractivity contribution >= 4 is 57.7 Å². The van der Waals surface area contributed by atoms with Crippen LogP contribution in [0.4, 0.5) is 16.3 Å². The van der Waals surface area contributed by atoms with Gasteiger partial charge >= 0.3 is 0 Å². The number of hydrogen-bond donors (Lipinski definition) is 2. The van der Waals surface area contributed by atoms with E-state index in [1.165, 1.54) is 0 Å². The predicted octanol–water partition coefficient (Wildman–Crippen LogP) is 3.45. The lowest BCUT2D eigenvalue weighted by Gasteiger charge is -2.06. The molecule has 1 saturated heterocycles. The number of anilines is 2. The third kappa shape index (κ3) is 3.21. The van der Waals surface area contributed by atoms with Gasteiger partial charge in [-0.05, 0) is 42.1 Å². The molecule has 0 spiro atoms. The minimum atomic E-state index is -0.414. The molecule has 25 heavy (non-hydrogen) atoms. The SMILES string of the molecule is O=C1NC(=O)/C(=C\c2cnn3ccc(Nc4cccc(Cl)c4)nc23)S1. The molecule has 0 aliphatic carbocycles. The standard InChI is InChI=1S/C16H10ClN5O2S/c17-10-2-1-3-11(7-10)19-13-4-5-22-14(20-13)9(8-18-22)6-12-15(23)21-16(24)25-12/h1-8H,(H,19,20)(H,21,23,24)/b12-6+. The molecule has 0 radical (unpaired) electrons. The second-order valence-electron chi connectivity index (χ2n) is 5.17. The maximum absolute atomic E-state index is 11.7. The molecule has 2 aromatic heterocycles. The number of carbonyl (C=O) groups is 2. The Hall–Kier alpha value is -2.84. The number of thioether (sulfide) groups is 1. The van der Waals surface area contributed by atoms with Crippen molar-refractivity contribution in [1.82, 2.24) is 19.9 Å². The fourth-order valence-electron chi connectivity index (χ4n) is 2.33. The van der Waals surface area contributed by atoms with Gasteiger partial charge in [-0.2, -0.15) is 5.10 Å². The van der Waals surface area contributed by atoms with Crippen LogP contribution in [0.5, 0.6) is 0 Å². The summed E-state index contributed by atoms with van der Waals surface area (Å²) < 4.78 is 1.59. The Balaban J connectivity index is 1.69. The van der Waals surface area contributed by atoms with Gasteiger partial charge < -0.3 is 5.32 Å². The zero-order valence-electron chi connectivity index (χ0n) is 12.6. The summed E-state index contributed by atoms with van der Waals surface area (Å²) in [4.78, 5) is 27.8. The summed E-state index contributed by atoms with van der Waals surface area (Å²) >= 11 is 6.84. The lowest BCUT2D eigenvalue weighted by atomic mass is 10.3. The molecule has 4 rings (SSSR count). The van der Waals surface area contributed by atoms with Gasteiger partial charge in [-0.1, -0.05) is 17.7 Å². The summed E-state index contributed by atoms with van der Waals surface area (Å²) in [7, 11) is 0. The number of nitrogens with zero attached hydrogens (tertiary/aromatic N) is 3. The maximum Gasteiger partial charge on any atom is 0.290 e. The molecule has 0 bridgehead atoms. The fourth-order valence-corrected chi connectivity index (χ4v) is 3.20. The van der Waals surface area contributed by atoms with Crippen LogP contribution in [-0.4, -0.2) is 25.7 Å². The first-order valence-electron chi connectivity index (χ1n) is 7.20. The highest BCUT2D eigenvalue weighted by Gasteiger charge is 2.25. The van der Waals surface area contributed by atoms with E-state index in [4.69, 9.17) is 11.6 Å². The largest absolute Gasteiger partial charge is 0.340 e. The average Bonchev–Trinajstić information content (AvgIpc) is 3.11. The lowest BCUT2D eigenvalue weighted by Crippen LogP contribution is -2.17. The Morgan fingerprint density at radius 2 is 2.16 bits per heavy atom. The van der Waals surface area contributed by atoms with E-state index in [0.29, 0.717) is 27.0 Å². The third-order valence-electron chi connectivity index (χ3n) is 3.42. The van der Waals surface area contributed by atoms with Crippen LogP contribution in [0.15, 0.2) is 47.6 Å². The number of benzene rings is 1. The minimum absolute atomic E-state index is 0.315. The molecule has 1 aliphatic heterocycles. The molecule has 3 heterocycles. The molecule has 9 heteroatoms. The van der Waals surface area contributed by atoms with Crippen molar-refractivity contribution in [2.24, 2.45) is 0 Å². The van der Waals surface area contributed by atoms with E-state index < -0.39 is 5.91 Å². The number of nitrogens with one attached hydrogen (secondary N) is 2. The average molecular weight is 372 g/mol. The van der Waals surface area contributed by atoms with E-state index in [1.807, 2.05) is 12.1 Å². The first-order chi connectivity index (χ1) is 12.1. The quantitative estimate of drug-likeness (QED) is 0.685. The zero-order valence-corrected chi connectivity index (χ0v) is 14.1. The number of rotatable bonds is 3. The highest BCUT2D eigenvalue weighted by Crippen LogP contribution is 2.27. The Labute approximate surface area is 151 Å². The van der Waals surface area contributed by atoms with E-state index in [9.17, 15) is 9.59 Å². The number of aromatic nitrogens is 3. The maximum atomic E-state index is 11.7. The van der Waals surface area contributed by atoms with Crippen molar-refractivity contribution in [2.75, 3.05) is 5.32 Å². The number of carbonyl (C=O) groups excluding carboxylic acids is 2. The second-order valence-corrected chi connectivity index (χ2v) is 6.62. The number of imide groups is 1. The summed E-state index contributed by atoms with van der Waals surface area (Å²) in [6.45, 7) is 0. The van der Waals surface area contributed by atoms with E-state index in [0.717, 1.165) is 17.4 Å². The minimum Gasteiger partial charge on any atom is -0.340 e. The molecular weight excluding hydrogens is 362 g/mol. The molecule has 0 atom stereocenters. The van der Waals surface area contributed by atoms with Crippen molar-refractivity contribution in [2.45, 2.75) is 0 Å². The van der Waals surface area contributed by atoms with Crippen LogP contribution in [-0.2, 0) is 4.79 Å². The van der Waals surface area contributed by atoms with Gasteiger partial charge in [-0.25, -0.2) is 9.50 Å². The summed E-state index contributed by atoms with van der Waals surface area (Å²) in [5.41, 5.74) is 2.01. The number of amides is 2. The van der Waals surface area contributed by atoms with Gasteiger partial charge in [-0.3, -0.25) is 14.9 Å². The smallest absolute Gasteiger partial charge is 0.290 e. The highest BCUT2D eigenvalue weighted by molar-refractivity contribution is 8.18. The van der Waals surface area contributed by atoms with E-state index in [2.05, 4.69) is 20.7 Å². The fraction of sp³-hybridized carbons (Fsp3) is 0. The van der Waals surface area contributed by atoms with E-state index in [-0.39, 0.29) is 5.24 Å². The number of hydrogen-bond acceptors (Lipinski definition) is 6. The van der Waals surface area contributed by atoms with Crippen molar-refractivity contribution in [3.8, 4) is 0 Å². The Kier molecular flexibility index (Phi) is 3.90. The normalized spacial score (nSPS) is 15.8. The predicted molar refractivity (Wildman–Crippen MR) is 96.8 cm³/mol. The van der Waals surface area contributed by atoms with Gasteiger partial charge in [0.25, 0.3) is 11.1 Å². The van der Waals surface area contributed by atoms with Crippen LogP contribution in [0.2, 0.25) is 5.02 Å². The van der Waals surface area contributed by atoms with Crippen LogP contribution >= 0.6 is 23.4 Å². The van der Waals surface area contributed by atoms with Gasteiger partial charge in [0, 0.05) is 22.5 Å². The van der Waals surface area contributed by atoms with Crippen LogP contribution in [0.1, 0.15) is 5.56 Å². The molecule has 124 valence electrons. The van der Waals surface area contributed by atoms with Gasteiger partial charge in [0.05, 0.1) is 11.1 Å². The Morgan fingerprint density at radius 3 is 2.92 bits per heavy atom. The van der Waals surface area contributed by atoms with Gasteiger partial charge in [0.2, 0.25) is 0 Å². The van der Waals surface area contributed by atoms with Gasteiger partial charge in [0.1, 0.15) is 5.82 Å². The summed E-state index contributed by atoms with van der Waals surface area (Å²) in [5.74, 6) is 0.192.